The van der Waals surface area contributed by atoms with Crippen molar-refractivity contribution in [2.24, 2.45) is 11.5 Å². The monoisotopic (exact) mass is 507 g/mol. The number of aliphatic carboxylic acids is 1. The number of nitrogens with two attached hydrogens (primary N) is 2. The lowest BCUT2D eigenvalue weighted by Crippen LogP contribution is -2.60. The molecule has 0 saturated carbocycles. The number of nitrogens with zero attached hydrogens (tertiary/aromatic N) is 1. The minimum atomic E-state index is -2.09. The van der Waals surface area contributed by atoms with Crippen molar-refractivity contribution in [3.05, 3.63) is 32.6 Å². The van der Waals surface area contributed by atoms with E-state index >= 15 is 0 Å². The molecule has 1 aromatic rings. The predicted octanol–water partition coefficient (Wildman–Crippen LogP) is -6.64. The van der Waals surface area contributed by atoms with Crippen LogP contribution in [0.3, 0.4) is 0 Å². The van der Waals surface area contributed by atoms with Crippen molar-refractivity contribution in [1.29, 1.82) is 0 Å². The van der Waals surface area contributed by atoms with Gasteiger partial charge in [0.05, 0.1) is 12.2 Å². The summed E-state index contributed by atoms with van der Waals surface area (Å²) >= 11 is 0. The molecule has 12 N–H and O–H groups in total. The van der Waals surface area contributed by atoms with Gasteiger partial charge in [0.1, 0.15) is 43.2 Å². The van der Waals surface area contributed by atoms with Crippen molar-refractivity contribution in [3.8, 4) is 0 Å². The molecule has 1 aliphatic heterocycles. The van der Waals surface area contributed by atoms with Crippen molar-refractivity contribution >= 4 is 18.0 Å². The van der Waals surface area contributed by atoms with Gasteiger partial charge in [-0.1, -0.05) is 0 Å². The molecule has 2 rings (SSSR count). The maximum Gasteiger partial charge on any atom is 0.404 e. The van der Waals surface area contributed by atoms with Gasteiger partial charge in [-0.3, -0.25) is 19.1 Å². The number of rotatable bonds is 10. The van der Waals surface area contributed by atoms with E-state index in [0.29, 0.717) is 4.57 Å². The number of amides is 2. The first-order chi connectivity index (χ1) is 16.3. The summed E-state index contributed by atoms with van der Waals surface area (Å²) in [5.41, 5.74) is 7.89. The minimum absolute atomic E-state index is 0.305. The average molecular weight is 507 g/mol. The van der Waals surface area contributed by atoms with E-state index in [1.165, 1.54) is 0 Å². The molecule has 2 heterocycles. The normalized spacial score (nSPS) is 25.3. The molecule has 1 fully saturated rings. The molecule has 1 saturated heterocycles. The number of nitrogens with one attached hydrogen (secondary N) is 2. The number of carboxylic acid groups (broad SMARTS) is 1. The fourth-order valence-electron chi connectivity index (χ4n) is 3.21. The highest BCUT2D eigenvalue weighted by atomic mass is 16.6. The largest absolute Gasteiger partial charge is 0.480 e. The van der Waals surface area contributed by atoms with Crippen molar-refractivity contribution in [3.63, 3.8) is 0 Å². The van der Waals surface area contributed by atoms with Crippen LogP contribution in [0.5, 0.6) is 0 Å². The van der Waals surface area contributed by atoms with Crippen molar-refractivity contribution in [2.45, 2.75) is 55.4 Å². The van der Waals surface area contributed by atoms with Gasteiger partial charge in [0, 0.05) is 6.20 Å². The standard InChI is InChI=1S/C17H25N5O13/c18-6(8(25)5(24)3-34-16(19)32)13(29)20-7(15(30)31)11-9(26)10(27)14(35-11)22-1-4(2-23)12(28)21-17(22)33/h1,5-11,14,23-27H,2-3,18H2,(H2,19,32)(H,20,29)(H,30,31)(H,21,28,33)/t5-,6-,7+,8-,9+,10+,11+,14+/m1/s1. The molecule has 1 aromatic heterocycles. The lowest BCUT2D eigenvalue weighted by atomic mass is 10.0. The lowest BCUT2D eigenvalue weighted by Gasteiger charge is -2.27. The number of carboxylic acids is 1. The summed E-state index contributed by atoms with van der Waals surface area (Å²) in [5.74, 6) is -3.13. The molecule has 18 heteroatoms. The van der Waals surface area contributed by atoms with Crippen LogP contribution in [0.1, 0.15) is 11.8 Å². The molecule has 18 nitrogen and oxygen atoms in total. The Bertz CT molecular complexity index is 1060. The molecular weight excluding hydrogens is 482 g/mol. The number of hydrogen-bond acceptors (Lipinski definition) is 13. The zero-order valence-corrected chi connectivity index (χ0v) is 17.8. The number of hydrogen-bond donors (Lipinski definition) is 10. The first-order valence-corrected chi connectivity index (χ1v) is 9.84. The summed E-state index contributed by atoms with van der Waals surface area (Å²) in [4.78, 5) is 60.3. The molecule has 0 bridgehead atoms. The Morgan fingerprint density at radius 1 is 1.23 bits per heavy atom. The van der Waals surface area contributed by atoms with Crippen LogP contribution in [0.4, 0.5) is 4.79 Å². The summed E-state index contributed by atoms with van der Waals surface area (Å²) in [6.07, 6.45) is -11.9. The minimum Gasteiger partial charge on any atom is -0.480 e. The van der Waals surface area contributed by atoms with Crippen LogP contribution in [-0.4, -0.2) is 107 Å². The Hall–Kier alpha value is -3.39. The number of aliphatic hydroxyl groups is 5. The number of carbonyl (C=O) groups is 3. The molecule has 0 aliphatic carbocycles. The third kappa shape index (κ3) is 6.19. The van der Waals surface area contributed by atoms with E-state index in [0.717, 1.165) is 6.20 Å². The quantitative estimate of drug-likeness (QED) is 0.141. The van der Waals surface area contributed by atoms with Gasteiger partial charge in [0.2, 0.25) is 5.91 Å². The molecule has 196 valence electrons. The molecule has 8 atom stereocenters. The molecule has 0 unspecified atom stereocenters. The second-order valence-corrected chi connectivity index (χ2v) is 7.49. The highest BCUT2D eigenvalue weighted by molar-refractivity contribution is 5.87. The van der Waals surface area contributed by atoms with E-state index in [9.17, 15) is 54.6 Å². The maximum absolute atomic E-state index is 12.4. The van der Waals surface area contributed by atoms with Crippen LogP contribution in [0.25, 0.3) is 0 Å². The van der Waals surface area contributed by atoms with Gasteiger partial charge < -0.3 is 56.9 Å². The van der Waals surface area contributed by atoms with Gasteiger partial charge in [-0.25, -0.2) is 14.4 Å². The number of aromatic amines is 1. The number of aliphatic hydroxyl groups excluding tert-OH is 5. The van der Waals surface area contributed by atoms with Crippen LogP contribution < -0.4 is 28.0 Å². The molecule has 1 aliphatic rings. The Balaban J connectivity index is 2.22. The zero-order chi connectivity index (χ0) is 26.6. The Morgan fingerprint density at radius 3 is 2.40 bits per heavy atom. The Kier molecular flexibility index (Phi) is 9.04. The number of aromatic nitrogens is 2. The SMILES string of the molecule is NC(=O)OC[C@@H](O)[C@@H](O)[C@@H](N)C(=O)N[C@H](C(=O)O)[C@@H]1O[C@H](n2cc(CO)c(=O)[nH]c2=O)[C@@H](O)[C@@H]1O. The summed E-state index contributed by atoms with van der Waals surface area (Å²) < 4.78 is 10.2. The van der Waals surface area contributed by atoms with Gasteiger partial charge >= 0.3 is 17.8 Å². The Labute approximate surface area is 194 Å². The van der Waals surface area contributed by atoms with E-state index in [4.69, 9.17) is 16.2 Å². The topological polar surface area (TPSA) is 310 Å². The number of primary amides is 1. The zero-order valence-electron chi connectivity index (χ0n) is 17.8. The van der Waals surface area contributed by atoms with E-state index < -0.39 is 91.3 Å². The molecule has 0 radical (unpaired) electrons. The highest BCUT2D eigenvalue weighted by Gasteiger charge is 2.50. The van der Waals surface area contributed by atoms with Crippen LogP contribution >= 0.6 is 0 Å². The van der Waals surface area contributed by atoms with Crippen LogP contribution in [-0.2, 0) is 25.7 Å². The van der Waals surface area contributed by atoms with Crippen molar-refractivity contribution in [1.82, 2.24) is 14.9 Å². The first-order valence-electron chi connectivity index (χ1n) is 9.84. The molecule has 2 amide bonds. The number of ether oxygens (including phenoxy) is 2. The van der Waals surface area contributed by atoms with E-state index in [-0.39, 0.29) is 5.56 Å². The number of carbonyl (C=O) groups excluding carboxylic acids is 2. The Morgan fingerprint density at radius 2 is 1.86 bits per heavy atom. The van der Waals surface area contributed by atoms with Gasteiger partial charge in [-0.15, -0.1) is 0 Å². The van der Waals surface area contributed by atoms with E-state index in [1.54, 1.807) is 0 Å². The van der Waals surface area contributed by atoms with Gasteiger partial charge in [-0.2, -0.15) is 0 Å². The molecule has 0 aromatic carbocycles. The fourth-order valence-corrected chi connectivity index (χ4v) is 3.21. The smallest absolute Gasteiger partial charge is 0.404 e. The molecular formula is C17H25N5O13. The summed E-state index contributed by atoms with van der Waals surface area (Å²) in [6, 6.07) is -4.05. The third-order valence-electron chi connectivity index (χ3n) is 5.11. The second-order valence-electron chi connectivity index (χ2n) is 7.49. The van der Waals surface area contributed by atoms with Crippen molar-refractivity contribution in [2.75, 3.05) is 6.61 Å². The molecule has 0 spiro atoms. The second kappa shape index (κ2) is 11.4. The maximum atomic E-state index is 12.4. The van der Waals surface area contributed by atoms with Gasteiger partial charge in [-0.05, 0) is 0 Å². The first kappa shape index (κ1) is 27.9. The number of H-pyrrole nitrogens is 1. The summed E-state index contributed by atoms with van der Waals surface area (Å²) in [6.45, 7) is -1.63. The van der Waals surface area contributed by atoms with Gasteiger partial charge in [0.15, 0.2) is 12.3 Å². The fraction of sp³-hybridized carbons (Fsp3) is 0.588. The van der Waals surface area contributed by atoms with Crippen molar-refractivity contribution < 1.29 is 54.5 Å². The van der Waals surface area contributed by atoms with Crippen LogP contribution in [0, 0.1) is 0 Å². The highest BCUT2D eigenvalue weighted by Crippen LogP contribution is 2.30. The molecule has 35 heavy (non-hydrogen) atoms. The van der Waals surface area contributed by atoms with E-state index in [1.807, 2.05) is 10.3 Å². The average Bonchev–Trinajstić information content (AvgIpc) is 3.08. The van der Waals surface area contributed by atoms with Crippen LogP contribution in [0.15, 0.2) is 15.8 Å². The third-order valence-corrected chi connectivity index (χ3v) is 5.11. The van der Waals surface area contributed by atoms with E-state index in [2.05, 4.69) is 4.74 Å². The summed E-state index contributed by atoms with van der Waals surface area (Å²) in [5, 5.41) is 61.0. The summed E-state index contributed by atoms with van der Waals surface area (Å²) in [7, 11) is 0. The lowest BCUT2D eigenvalue weighted by molar-refractivity contribution is -0.150. The van der Waals surface area contributed by atoms with Crippen LogP contribution in [0.2, 0.25) is 0 Å². The van der Waals surface area contributed by atoms with Gasteiger partial charge in [0.25, 0.3) is 5.56 Å². The predicted molar refractivity (Wildman–Crippen MR) is 108 cm³/mol.